The van der Waals surface area contributed by atoms with Gasteiger partial charge < -0.3 is 15.5 Å². The van der Waals surface area contributed by atoms with Crippen LogP contribution in [0.5, 0.6) is 0 Å². The molecule has 134 valence electrons. The van der Waals surface area contributed by atoms with E-state index in [-0.39, 0.29) is 18.1 Å². The Morgan fingerprint density at radius 1 is 1.15 bits per heavy atom. The van der Waals surface area contributed by atoms with Crippen molar-refractivity contribution in [2.45, 2.75) is 24.9 Å². The van der Waals surface area contributed by atoms with E-state index in [9.17, 15) is 4.79 Å². The standard InChI is InChI=1S/C21H22ClN3O/c1-2-5-14-8-10-15(11-9-14)20-18-12-23-13-19(20)25(18)21(26)24-17-7-4-3-6-16(17)22/h2-11,18-20,23H,12-13H2,1H3,(H,24,26)/b5-2+/t18-,19+,20?. The highest BCUT2D eigenvalue weighted by molar-refractivity contribution is 6.33. The minimum atomic E-state index is -0.0728. The fourth-order valence-corrected chi connectivity index (χ4v) is 4.27. The van der Waals surface area contributed by atoms with Gasteiger partial charge in [-0.25, -0.2) is 4.79 Å². The fraction of sp³-hybridized carbons (Fsp3) is 0.286. The van der Waals surface area contributed by atoms with E-state index in [0.717, 1.165) is 13.1 Å². The number of anilines is 1. The van der Waals surface area contributed by atoms with Crippen molar-refractivity contribution in [3.05, 3.63) is 70.8 Å². The summed E-state index contributed by atoms with van der Waals surface area (Å²) < 4.78 is 0. The van der Waals surface area contributed by atoms with Crippen LogP contribution in [-0.4, -0.2) is 36.1 Å². The molecule has 2 bridgehead atoms. The SMILES string of the molecule is C/C=C/c1ccc(C2[C@H]3CNC[C@@H]2N3C(=O)Nc2ccccc2Cl)cc1. The number of amides is 2. The van der Waals surface area contributed by atoms with E-state index in [0.29, 0.717) is 16.6 Å². The average molecular weight is 368 g/mol. The molecule has 2 aliphatic rings. The second kappa shape index (κ2) is 7.14. The van der Waals surface area contributed by atoms with Crippen molar-refractivity contribution >= 4 is 29.4 Å². The topological polar surface area (TPSA) is 44.4 Å². The molecule has 2 aliphatic heterocycles. The molecule has 2 heterocycles. The highest BCUT2D eigenvalue weighted by atomic mass is 35.5. The third-order valence-electron chi connectivity index (χ3n) is 5.28. The van der Waals surface area contributed by atoms with Gasteiger partial charge in [-0.3, -0.25) is 0 Å². The van der Waals surface area contributed by atoms with Crippen LogP contribution >= 0.6 is 11.6 Å². The van der Waals surface area contributed by atoms with Crippen LogP contribution in [0.25, 0.3) is 6.08 Å². The van der Waals surface area contributed by atoms with Crippen LogP contribution in [-0.2, 0) is 0 Å². The second-order valence-electron chi connectivity index (χ2n) is 6.80. The normalized spacial score (nSPS) is 24.4. The lowest BCUT2D eigenvalue weighted by Gasteiger charge is -2.59. The van der Waals surface area contributed by atoms with Crippen molar-refractivity contribution in [2.24, 2.45) is 0 Å². The number of benzene rings is 2. The van der Waals surface area contributed by atoms with Crippen LogP contribution in [0.2, 0.25) is 5.02 Å². The quantitative estimate of drug-likeness (QED) is 0.847. The van der Waals surface area contributed by atoms with E-state index < -0.39 is 0 Å². The number of piperazine rings is 1. The Morgan fingerprint density at radius 2 is 1.85 bits per heavy atom. The maximum atomic E-state index is 12.8. The highest BCUT2D eigenvalue weighted by Crippen LogP contribution is 2.43. The van der Waals surface area contributed by atoms with Crippen molar-refractivity contribution in [1.82, 2.24) is 10.2 Å². The lowest BCUT2D eigenvalue weighted by molar-refractivity contribution is 0.00201. The lowest BCUT2D eigenvalue weighted by Crippen LogP contribution is -2.74. The third-order valence-corrected chi connectivity index (χ3v) is 5.61. The Morgan fingerprint density at radius 3 is 2.50 bits per heavy atom. The summed E-state index contributed by atoms with van der Waals surface area (Å²) in [7, 11) is 0. The largest absolute Gasteiger partial charge is 0.322 e. The summed E-state index contributed by atoms with van der Waals surface area (Å²) in [4.78, 5) is 14.8. The molecule has 1 unspecified atom stereocenters. The van der Waals surface area contributed by atoms with Crippen molar-refractivity contribution in [2.75, 3.05) is 18.4 Å². The highest BCUT2D eigenvalue weighted by Gasteiger charge is 2.53. The average Bonchev–Trinajstić information content (AvgIpc) is 2.66. The Kier molecular flexibility index (Phi) is 4.70. The lowest BCUT2D eigenvalue weighted by atomic mass is 9.72. The number of halogens is 1. The van der Waals surface area contributed by atoms with Crippen LogP contribution in [0.4, 0.5) is 10.5 Å². The van der Waals surface area contributed by atoms with Gasteiger partial charge in [0.15, 0.2) is 0 Å². The van der Waals surface area contributed by atoms with Crippen molar-refractivity contribution in [1.29, 1.82) is 0 Å². The van der Waals surface area contributed by atoms with Crippen molar-refractivity contribution in [3.8, 4) is 0 Å². The van der Waals surface area contributed by atoms with Crippen LogP contribution in [0.15, 0.2) is 54.6 Å². The van der Waals surface area contributed by atoms with Gasteiger partial charge in [0.05, 0.1) is 22.8 Å². The molecule has 2 saturated heterocycles. The maximum Gasteiger partial charge on any atom is 0.322 e. The summed E-state index contributed by atoms with van der Waals surface area (Å²) in [6.45, 7) is 3.65. The number of likely N-dealkylation sites (tertiary alicyclic amines) is 1. The van der Waals surface area contributed by atoms with Gasteiger partial charge in [0.2, 0.25) is 0 Å². The number of rotatable bonds is 3. The molecule has 5 heteroatoms. The summed E-state index contributed by atoms with van der Waals surface area (Å²) in [5.74, 6) is 0.382. The molecule has 0 aromatic heterocycles. The zero-order valence-electron chi connectivity index (χ0n) is 14.7. The van der Waals surface area contributed by atoms with Gasteiger partial charge in [0.25, 0.3) is 0 Å². The Balaban J connectivity index is 1.50. The zero-order chi connectivity index (χ0) is 18.1. The zero-order valence-corrected chi connectivity index (χ0v) is 15.4. The minimum absolute atomic E-state index is 0.0728. The Bertz CT molecular complexity index is 821. The molecule has 2 aromatic rings. The summed E-state index contributed by atoms with van der Waals surface area (Å²) in [5.41, 5.74) is 3.16. The summed E-state index contributed by atoms with van der Waals surface area (Å²) in [6.07, 6.45) is 4.13. The molecule has 2 aromatic carbocycles. The predicted molar refractivity (Wildman–Crippen MR) is 107 cm³/mol. The van der Waals surface area contributed by atoms with Crippen LogP contribution in [0.3, 0.4) is 0 Å². The summed E-state index contributed by atoms with van der Waals surface area (Å²) in [6, 6.07) is 16.3. The van der Waals surface area contributed by atoms with Crippen LogP contribution < -0.4 is 10.6 Å². The van der Waals surface area contributed by atoms with Gasteiger partial charge >= 0.3 is 6.03 Å². The second-order valence-corrected chi connectivity index (χ2v) is 7.21. The molecular weight excluding hydrogens is 346 g/mol. The Hall–Kier alpha value is -2.30. The molecule has 4 rings (SSSR count). The predicted octanol–water partition coefficient (Wildman–Crippen LogP) is 4.34. The van der Waals surface area contributed by atoms with Gasteiger partial charge in [-0.15, -0.1) is 0 Å². The van der Waals surface area contributed by atoms with Crippen LogP contribution in [0.1, 0.15) is 24.0 Å². The van der Waals surface area contributed by atoms with E-state index in [1.807, 2.05) is 36.1 Å². The number of piperidine rings is 1. The minimum Gasteiger partial charge on any atom is -0.315 e. The molecule has 26 heavy (non-hydrogen) atoms. The number of hydrogen-bond acceptors (Lipinski definition) is 2. The molecule has 3 atom stereocenters. The molecule has 2 fully saturated rings. The molecule has 0 spiro atoms. The van der Waals surface area contributed by atoms with E-state index in [1.165, 1.54) is 11.1 Å². The van der Waals surface area contributed by atoms with Gasteiger partial charge in [0, 0.05) is 19.0 Å². The van der Waals surface area contributed by atoms with E-state index in [2.05, 4.69) is 41.0 Å². The number of hydrogen-bond donors (Lipinski definition) is 2. The first-order valence-electron chi connectivity index (χ1n) is 8.96. The number of fused-ring (bicyclic) bond motifs is 2. The maximum absolute atomic E-state index is 12.8. The van der Waals surface area contributed by atoms with Crippen molar-refractivity contribution in [3.63, 3.8) is 0 Å². The number of nitrogens with one attached hydrogen (secondary N) is 2. The molecule has 2 amide bonds. The fourth-order valence-electron chi connectivity index (χ4n) is 4.09. The number of allylic oxidation sites excluding steroid dienone is 1. The van der Waals surface area contributed by atoms with E-state index in [1.54, 1.807) is 6.07 Å². The summed E-state index contributed by atoms with van der Waals surface area (Å²) in [5, 5.41) is 6.93. The van der Waals surface area contributed by atoms with E-state index in [4.69, 9.17) is 11.6 Å². The van der Waals surface area contributed by atoms with Crippen molar-refractivity contribution < 1.29 is 4.79 Å². The molecule has 4 nitrogen and oxygen atoms in total. The number of para-hydroxylation sites is 1. The molecule has 0 saturated carbocycles. The molecule has 2 N–H and O–H groups in total. The number of carbonyl (C=O) groups is 1. The monoisotopic (exact) mass is 367 g/mol. The third kappa shape index (κ3) is 3.00. The number of urea groups is 1. The van der Waals surface area contributed by atoms with Gasteiger partial charge in [-0.2, -0.15) is 0 Å². The molecule has 0 aliphatic carbocycles. The van der Waals surface area contributed by atoms with Gasteiger partial charge in [0.1, 0.15) is 0 Å². The first kappa shape index (κ1) is 17.1. The first-order valence-corrected chi connectivity index (χ1v) is 9.34. The van der Waals surface area contributed by atoms with E-state index >= 15 is 0 Å². The molecular formula is C21H22ClN3O. The first-order chi connectivity index (χ1) is 12.7. The summed E-state index contributed by atoms with van der Waals surface area (Å²) >= 11 is 6.17. The Labute approximate surface area is 158 Å². The van der Waals surface area contributed by atoms with Gasteiger partial charge in [-0.1, -0.05) is 60.2 Å². The number of carbonyl (C=O) groups excluding carboxylic acids is 1. The smallest absolute Gasteiger partial charge is 0.315 e. The number of nitrogens with zero attached hydrogens (tertiary/aromatic N) is 1. The van der Waals surface area contributed by atoms with Gasteiger partial charge in [-0.05, 0) is 30.2 Å². The molecule has 0 radical (unpaired) electrons. The van der Waals surface area contributed by atoms with Crippen LogP contribution in [0, 0.1) is 0 Å².